The van der Waals surface area contributed by atoms with Gasteiger partial charge in [0.25, 0.3) is 0 Å². The number of sulfonamides is 1. The molecule has 0 radical (unpaired) electrons. The van der Waals surface area contributed by atoms with Crippen molar-refractivity contribution >= 4 is 15.7 Å². The predicted molar refractivity (Wildman–Crippen MR) is 120 cm³/mol. The van der Waals surface area contributed by atoms with Crippen molar-refractivity contribution in [1.29, 1.82) is 0 Å². The van der Waals surface area contributed by atoms with E-state index in [4.69, 9.17) is 4.74 Å². The minimum Gasteiger partial charge on any atom is -0.486 e. The highest BCUT2D eigenvalue weighted by molar-refractivity contribution is 7.89. The molecule has 2 aliphatic heterocycles. The molecule has 0 atom stereocenters. The Kier molecular flexibility index (Phi) is 6.51. The number of pyridine rings is 1. The van der Waals surface area contributed by atoms with Gasteiger partial charge in [0.05, 0.1) is 29.7 Å². The van der Waals surface area contributed by atoms with Crippen molar-refractivity contribution in [3.8, 4) is 11.6 Å². The molecule has 33 heavy (non-hydrogen) atoms. The van der Waals surface area contributed by atoms with Gasteiger partial charge in [-0.25, -0.2) is 28.3 Å². The van der Waals surface area contributed by atoms with Gasteiger partial charge in [0, 0.05) is 13.1 Å². The van der Waals surface area contributed by atoms with Crippen LogP contribution in [0.5, 0.6) is 5.75 Å². The largest absolute Gasteiger partial charge is 0.486 e. The zero-order valence-corrected chi connectivity index (χ0v) is 19.3. The fourth-order valence-corrected chi connectivity index (χ4v) is 6.70. The summed E-state index contributed by atoms with van der Waals surface area (Å²) in [5, 5.41) is 17.3. The maximum absolute atomic E-state index is 13.0. The number of tetrazole rings is 1. The fraction of sp³-hybridized carbons (Fsp3) is 0.650. The second-order valence-electron chi connectivity index (χ2n) is 8.68. The van der Waals surface area contributed by atoms with Gasteiger partial charge in [-0.05, 0) is 48.2 Å². The summed E-state index contributed by atoms with van der Waals surface area (Å²) in [4.78, 5) is 4.29. The van der Waals surface area contributed by atoms with Gasteiger partial charge in [-0.3, -0.25) is 0 Å². The number of nitrogens with zero attached hydrogens (tertiary/aromatic N) is 8. The first-order valence-corrected chi connectivity index (χ1v) is 13.0. The highest BCUT2D eigenvalue weighted by atomic mass is 32.2. The van der Waals surface area contributed by atoms with E-state index < -0.39 is 10.0 Å². The van der Waals surface area contributed by atoms with Gasteiger partial charge in [-0.1, -0.05) is 19.3 Å². The maximum Gasteiger partial charge on any atom is 0.216 e. The third-order valence-electron chi connectivity index (χ3n) is 6.51. The van der Waals surface area contributed by atoms with Crippen LogP contribution in [0.15, 0.2) is 29.8 Å². The zero-order valence-electron chi connectivity index (χ0n) is 18.5. The van der Waals surface area contributed by atoms with Crippen molar-refractivity contribution in [1.82, 2.24) is 40.0 Å². The van der Waals surface area contributed by atoms with Gasteiger partial charge in [0.15, 0.2) is 5.82 Å². The average Bonchev–Trinajstić information content (AvgIpc) is 3.57. The average molecular weight is 476 g/mol. The number of ether oxygens (including phenoxy) is 1. The summed E-state index contributed by atoms with van der Waals surface area (Å²) in [7, 11) is -3.18. The van der Waals surface area contributed by atoms with E-state index in [1.165, 1.54) is 11.0 Å². The number of hydrazone groups is 1. The molecule has 1 N–H and O–H groups in total. The summed E-state index contributed by atoms with van der Waals surface area (Å²) in [5.41, 5.74) is 4.18. The standard InChI is InChI=1S/C20H29N9O3S/c30-33(31,19-4-2-1-3-5-19)27-10-8-17(9-11-27)29-23-12-16(24-29)14-32-18-6-7-20(21-13-18)28-15-22-25-26-28/h6-7,13,15,17,19,23H,1-5,8-12,14H2. The molecule has 3 aliphatic rings. The lowest BCUT2D eigenvalue weighted by atomic mass is 10.0. The summed E-state index contributed by atoms with van der Waals surface area (Å²) >= 11 is 0. The van der Waals surface area contributed by atoms with Crippen LogP contribution in [0.1, 0.15) is 44.9 Å². The SMILES string of the molecule is O=S(=O)(C1CCCCC1)N1CCC(N2N=C(COc3ccc(-n4cnnn4)nc3)CN2)CC1. The highest BCUT2D eigenvalue weighted by Gasteiger charge is 2.37. The molecule has 0 spiro atoms. The van der Waals surface area contributed by atoms with Crippen LogP contribution in [0.3, 0.4) is 0 Å². The molecule has 0 amide bonds. The number of hydrazine groups is 1. The molecular formula is C20H29N9O3S. The Balaban J connectivity index is 1.10. The first-order valence-electron chi connectivity index (χ1n) is 11.5. The van der Waals surface area contributed by atoms with Crippen LogP contribution in [0, 0.1) is 0 Å². The number of rotatable bonds is 7. The summed E-state index contributed by atoms with van der Waals surface area (Å²) < 4.78 is 34.9. The van der Waals surface area contributed by atoms with Gasteiger partial charge in [-0.15, -0.1) is 5.10 Å². The minimum atomic E-state index is -3.18. The topological polar surface area (TPSA) is 131 Å². The van der Waals surface area contributed by atoms with Crippen molar-refractivity contribution in [3.63, 3.8) is 0 Å². The molecule has 0 bridgehead atoms. The highest BCUT2D eigenvalue weighted by Crippen LogP contribution is 2.28. The fourth-order valence-electron chi connectivity index (χ4n) is 4.63. The molecule has 13 heteroatoms. The zero-order chi connectivity index (χ0) is 22.7. The lowest BCUT2D eigenvalue weighted by molar-refractivity contribution is 0.108. The van der Waals surface area contributed by atoms with Crippen LogP contribution in [0.2, 0.25) is 0 Å². The van der Waals surface area contributed by atoms with Gasteiger partial charge in [0.1, 0.15) is 18.7 Å². The summed E-state index contributed by atoms with van der Waals surface area (Å²) in [5.74, 6) is 1.24. The Morgan fingerprint density at radius 1 is 1.09 bits per heavy atom. The van der Waals surface area contributed by atoms with E-state index in [0.717, 1.165) is 50.7 Å². The van der Waals surface area contributed by atoms with Crippen molar-refractivity contribution in [3.05, 3.63) is 24.7 Å². The predicted octanol–water partition coefficient (Wildman–Crippen LogP) is 0.739. The van der Waals surface area contributed by atoms with E-state index in [9.17, 15) is 8.42 Å². The maximum atomic E-state index is 13.0. The van der Waals surface area contributed by atoms with Gasteiger partial charge >= 0.3 is 0 Å². The second kappa shape index (κ2) is 9.69. The first kappa shape index (κ1) is 22.2. The molecule has 1 saturated carbocycles. The first-order chi connectivity index (χ1) is 16.1. The second-order valence-corrected chi connectivity index (χ2v) is 10.9. The molecule has 4 heterocycles. The van der Waals surface area contributed by atoms with Crippen LogP contribution in [0.25, 0.3) is 5.82 Å². The quantitative estimate of drug-likeness (QED) is 0.616. The van der Waals surface area contributed by atoms with Crippen molar-refractivity contribution in [2.45, 2.75) is 56.2 Å². The van der Waals surface area contributed by atoms with Crippen molar-refractivity contribution in [2.24, 2.45) is 5.10 Å². The lowest BCUT2D eigenvalue weighted by Gasteiger charge is -2.37. The Hall–Kier alpha value is -2.64. The number of piperidine rings is 1. The van der Waals surface area contributed by atoms with E-state index in [2.05, 4.69) is 31.0 Å². The normalized spacial score (nSPS) is 21.3. The monoisotopic (exact) mass is 475 g/mol. The van der Waals surface area contributed by atoms with E-state index in [0.29, 0.717) is 37.8 Å². The van der Waals surface area contributed by atoms with E-state index in [1.54, 1.807) is 16.6 Å². The van der Waals surface area contributed by atoms with Crippen LogP contribution in [-0.2, 0) is 10.0 Å². The van der Waals surface area contributed by atoms with Crippen LogP contribution in [-0.4, -0.2) is 86.3 Å². The molecule has 2 aromatic heterocycles. The number of hydrogen-bond donors (Lipinski definition) is 1. The van der Waals surface area contributed by atoms with E-state index >= 15 is 0 Å². The van der Waals surface area contributed by atoms with Crippen LogP contribution >= 0.6 is 0 Å². The van der Waals surface area contributed by atoms with Crippen LogP contribution in [0.4, 0.5) is 0 Å². The van der Waals surface area contributed by atoms with Gasteiger partial charge in [-0.2, -0.15) is 9.78 Å². The Bertz CT molecular complexity index is 1040. The molecule has 5 rings (SSSR count). The smallest absolute Gasteiger partial charge is 0.216 e. The third-order valence-corrected chi connectivity index (χ3v) is 8.91. The van der Waals surface area contributed by atoms with Gasteiger partial charge < -0.3 is 4.74 Å². The Morgan fingerprint density at radius 3 is 2.61 bits per heavy atom. The minimum absolute atomic E-state index is 0.178. The molecular weight excluding hydrogens is 446 g/mol. The van der Waals surface area contributed by atoms with E-state index in [-0.39, 0.29) is 11.3 Å². The van der Waals surface area contributed by atoms with E-state index in [1.807, 2.05) is 11.2 Å². The lowest BCUT2D eigenvalue weighted by Crippen LogP contribution is -2.49. The molecule has 2 aromatic rings. The molecule has 0 aromatic carbocycles. The number of nitrogens with one attached hydrogen (secondary N) is 1. The van der Waals surface area contributed by atoms with Gasteiger partial charge in [0.2, 0.25) is 10.0 Å². The summed E-state index contributed by atoms with van der Waals surface area (Å²) in [6, 6.07) is 3.77. The molecule has 0 unspecified atom stereocenters. The summed E-state index contributed by atoms with van der Waals surface area (Å²) in [6.45, 7) is 2.08. The molecule has 2 fully saturated rings. The molecule has 1 saturated heterocycles. The summed E-state index contributed by atoms with van der Waals surface area (Å²) in [6.07, 6.45) is 9.44. The molecule has 12 nitrogen and oxygen atoms in total. The molecule has 178 valence electrons. The Morgan fingerprint density at radius 2 is 1.91 bits per heavy atom. The van der Waals surface area contributed by atoms with Crippen molar-refractivity contribution in [2.75, 3.05) is 26.2 Å². The third kappa shape index (κ3) is 4.99. The molecule has 1 aliphatic carbocycles. The number of aromatic nitrogens is 5. The Labute approximate surface area is 193 Å². The van der Waals surface area contributed by atoms with Crippen LogP contribution < -0.4 is 10.2 Å². The van der Waals surface area contributed by atoms with Crippen molar-refractivity contribution < 1.29 is 13.2 Å². The number of hydrogen-bond acceptors (Lipinski definition) is 10.